The van der Waals surface area contributed by atoms with E-state index in [-0.39, 0.29) is 17.3 Å². The molecule has 0 spiro atoms. The molecule has 1 aromatic carbocycles. The van der Waals surface area contributed by atoms with E-state index >= 15 is 0 Å². The predicted molar refractivity (Wildman–Crippen MR) is 71.2 cm³/mol. The lowest BCUT2D eigenvalue weighted by molar-refractivity contribution is 0.102. The molecule has 0 radical (unpaired) electrons. The Hall–Kier alpha value is -1.82. The summed E-state index contributed by atoms with van der Waals surface area (Å²) in [6.45, 7) is 0. The molecule has 0 aliphatic carbocycles. The number of ketones is 1. The summed E-state index contributed by atoms with van der Waals surface area (Å²) in [6.07, 6.45) is 3.51. The van der Waals surface area contributed by atoms with Crippen LogP contribution in [0, 0.1) is 5.82 Å². The van der Waals surface area contributed by atoms with Crippen molar-refractivity contribution in [2.24, 2.45) is 7.05 Å². The van der Waals surface area contributed by atoms with E-state index < -0.39 is 5.82 Å². The number of aryl methyl sites for hydroxylation is 1. The third-order valence-corrected chi connectivity index (χ3v) is 3.48. The van der Waals surface area contributed by atoms with Crippen LogP contribution in [0.2, 0.25) is 0 Å². The fourth-order valence-corrected chi connectivity index (χ4v) is 2.36. The maximum Gasteiger partial charge on any atom is 0.173 e. The number of nitrogens with zero attached hydrogens (tertiary/aromatic N) is 2. The maximum absolute atomic E-state index is 13.5. The van der Waals surface area contributed by atoms with Gasteiger partial charge < -0.3 is 4.74 Å². The topological polar surface area (TPSA) is 44.1 Å². The number of thioether (sulfide) groups is 1. The molecule has 1 heterocycles. The molecule has 0 aliphatic rings. The normalized spacial score (nSPS) is 10.5. The molecule has 0 N–H and O–H groups in total. The van der Waals surface area contributed by atoms with E-state index in [1.54, 1.807) is 16.9 Å². The summed E-state index contributed by atoms with van der Waals surface area (Å²) >= 11 is 1.37. The number of aromatic nitrogens is 2. The second kappa shape index (κ2) is 5.88. The number of hydrogen-bond acceptors (Lipinski definition) is 4. The molecule has 0 atom stereocenters. The van der Waals surface area contributed by atoms with Crippen molar-refractivity contribution in [1.29, 1.82) is 0 Å². The summed E-state index contributed by atoms with van der Waals surface area (Å²) in [5.41, 5.74) is 0.342. The van der Waals surface area contributed by atoms with Crippen LogP contribution in [0.1, 0.15) is 10.4 Å². The lowest BCUT2D eigenvalue weighted by Crippen LogP contribution is -2.03. The van der Waals surface area contributed by atoms with Gasteiger partial charge in [0.15, 0.2) is 17.3 Å². The Labute approximate surface area is 114 Å². The Bertz CT molecular complexity index is 598. The van der Waals surface area contributed by atoms with Crippen molar-refractivity contribution in [2.45, 2.75) is 4.90 Å². The van der Waals surface area contributed by atoms with Gasteiger partial charge in [-0.15, -0.1) is 11.8 Å². The zero-order valence-corrected chi connectivity index (χ0v) is 11.4. The fourth-order valence-electron chi connectivity index (χ4n) is 1.55. The number of methoxy groups -OCH3 is 1. The number of hydrogen-bond donors (Lipinski definition) is 0. The minimum Gasteiger partial charge on any atom is -0.494 e. The van der Waals surface area contributed by atoms with Crippen molar-refractivity contribution in [1.82, 2.24) is 9.78 Å². The van der Waals surface area contributed by atoms with Crippen LogP contribution in [0.4, 0.5) is 4.39 Å². The zero-order chi connectivity index (χ0) is 13.8. The average Bonchev–Trinajstić information content (AvgIpc) is 2.81. The molecule has 100 valence electrons. The molecule has 0 bridgehead atoms. The lowest BCUT2D eigenvalue weighted by atomic mass is 10.1. The third-order valence-electron chi connectivity index (χ3n) is 2.52. The predicted octanol–water partition coefficient (Wildman–Crippen LogP) is 2.54. The van der Waals surface area contributed by atoms with Gasteiger partial charge in [-0.2, -0.15) is 5.10 Å². The summed E-state index contributed by atoms with van der Waals surface area (Å²) in [5, 5.41) is 4.01. The largest absolute Gasteiger partial charge is 0.494 e. The Balaban J connectivity index is 2.01. The van der Waals surface area contributed by atoms with Crippen LogP contribution < -0.4 is 4.74 Å². The number of rotatable bonds is 5. The Morgan fingerprint density at radius 1 is 1.53 bits per heavy atom. The van der Waals surface area contributed by atoms with E-state index in [0.29, 0.717) is 5.56 Å². The number of carbonyl (C=O) groups excluding carboxylic acids is 1. The highest BCUT2D eigenvalue weighted by atomic mass is 32.2. The molecule has 4 nitrogen and oxygen atoms in total. The van der Waals surface area contributed by atoms with Crippen LogP contribution >= 0.6 is 11.8 Å². The van der Waals surface area contributed by atoms with E-state index in [0.717, 1.165) is 4.90 Å². The summed E-state index contributed by atoms with van der Waals surface area (Å²) < 4.78 is 20.0. The van der Waals surface area contributed by atoms with Gasteiger partial charge in [-0.3, -0.25) is 9.48 Å². The van der Waals surface area contributed by atoms with Crippen LogP contribution in [0.3, 0.4) is 0 Å². The molecule has 0 aliphatic heterocycles. The molecule has 0 fully saturated rings. The minimum atomic E-state index is -0.528. The first-order valence-corrected chi connectivity index (χ1v) is 6.57. The highest BCUT2D eigenvalue weighted by Crippen LogP contribution is 2.21. The first-order chi connectivity index (χ1) is 9.10. The van der Waals surface area contributed by atoms with Gasteiger partial charge in [-0.1, -0.05) is 0 Å². The van der Waals surface area contributed by atoms with Crippen molar-refractivity contribution in [3.63, 3.8) is 0 Å². The minimum absolute atomic E-state index is 0.129. The molecular weight excluding hydrogens is 267 g/mol. The second-order valence-corrected chi connectivity index (χ2v) is 4.96. The molecule has 1 aromatic heterocycles. The first kappa shape index (κ1) is 13.6. The van der Waals surface area contributed by atoms with E-state index in [9.17, 15) is 9.18 Å². The van der Waals surface area contributed by atoms with Gasteiger partial charge in [-0.05, 0) is 18.2 Å². The highest BCUT2D eigenvalue weighted by Gasteiger charge is 2.11. The molecule has 2 aromatic rings. The SMILES string of the molecule is COc1ccc(C(=O)CSc2cnn(C)c2)cc1F. The number of Topliss-reactive ketones (excluding diaryl/α,β-unsaturated/α-hetero) is 1. The smallest absolute Gasteiger partial charge is 0.173 e. The van der Waals surface area contributed by atoms with Gasteiger partial charge in [0, 0.05) is 23.7 Å². The van der Waals surface area contributed by atoms with Gasteiger partial charge in [-0.25, -0.2) is 4.39 Å². The third kappa shape index (κ3) is 3.35. The van der Waals surface area contributed by atoms with E-state index in [1.807, 2.05) is 13.2 Å². The maximum atomic E-state index is 13.5. The molecule has 0 amide bonds. The van der Waals surface area contributed by atoms with Gasteiger partial charge in [0.1, 0.15) is 0 Å². The van der Waals surface area contributed by atoms with Crippen LogP contribution in [-0.2, 0) is 7.05 Å². The van der Waals surface area contributed by atoms with Crippen molar-refractivity contribution in [2.75, 3.05) is 12.9 Å². The molecular formula is C13H13FN2O2S. The fraction of sp³-hybridized carbons (Fsp3) is 0.231. The summed E-state index contributed by atoms with van der Waals surface area (Å²) in [7, 11) is 3.20. The monoisotopic (exact) mass is 280 g/mol. The lowest BCUT2D eigenvalue weighted by Gasteiger charge is -2.04. The second-order valence-electron chi connectivity index (χ2n) is 3.91. The van der Waals surface area contributed by atoms with Gasteiger partial charge in [0.2, 0.25) is 0 Å². The van der Waals surface area contributed by atoms with E-state index in [1.165, 1.54) is 31.0 Å². The zero-order valence-electron chi connectivity index (χ0n) is 10.6. The van der Waals surface area contributed by atoms with E-state index in [4.69, 9.17) is 4.74 Å². The molecule has 0 saturated heterocycles. The summed E-state index contributed by atoms with van der Waals surface area (Å²) in [5.74, 6) is -0.274. The Morgan fingerprint density at radius 2 is 2.32 bits per heavy atom. The number of ether oxygens (including phenoxy) is 1. The van der Waals surface area contributed by atoms with Gasteiger partial charge >= 0.3 is 0 Å². The Morgan fingerprint density at radius 3 is 2.89 bits per heavy atom. The molecule has 19 heavy (non-hydrogen) atoms. The Kier molecular flexibility index (Phi) is 4.21. The highest BCUT2D eigenvalue weighted by molar-refractivity contribution is 8.00. The van der Waals surface area contributed by atoms with Crippen LogP contribution in [0.15, 0.2) is 35.5 Å². The molecule has 6 heteroatoms. The van der Waals surface area contributed by atoms with Crippen LogP contribution in [-0.4, -0.2) is 28.4 Å². The van der Waals surface area contributed by atoms with E-state index in [2.05, 4.69) is 5.10 Å². The first-order valence-electron chi connectivity index (χ1n) is 5.58. The van der Waals surface area contributed by atoms with Crippen molar-refractivity contribution in [3.8, 4) is 5.75 Å². The average molecular weight is 280 g/mol. The number of carbonyl (C=O) groups is 1. The van der Waals surface area contributed by atoms with Crippen molar-refractivity contribution >= 4 is 17.5 Å². The van der Waals surface area contributed by atoms with Crippen LogP contribution in [0.5, 0.6) is 5.75 Å². The summed E-state index contributed by atoms with van der Waals surface area (Å²) in [6, 6.07) is 4.22. The molecule has 2 rings (SSSR count). The molecule has 0 unspecified atom stereocenters. The van der Waals surface area contributed by atoms with Crippen LogP contribution in [0.25, 0.3) is 0 Å². The van der Waals surface area contributed by atoms with Gasteiger partial charge in [0.25, 0.3) is 0 Å². The van der Waals surface area contributed by atoms with Crippen molar-refractivity contribution in [3.05, 3.63) is 42.0 Å². The number of halogens is 1. The van der Waals surface area contributed by atoms with Gasteiger partial charge in [0.05, 0.1) is 19.1 Å². The molecule has 0 saturated carbocycles. The standard InChI is InChI=1S/C13H13FN2O2S/c1-16-7-10(6-15-16)19-8-12(17)9-3-4-13(18-2)11(14)5-9/h3-7H,8H2,1-2H3. The quantitative estimate of drug-likeness (QED) is 0.623. The number of benzene rings is 1. The summed E-state index contributed by atoms with van der Waals surface area (Å²) in [4.78, 5) is 12.8. The van der Waals surface area contributed by atoms with Crippen molar-refractivity contribution < 1.29 is 13.9 Å².